The van der Waals surface area contributed by atoms with E-state index in [0.29, 0.717) is 16.5 Å². The standard InChI is InChI=1S/C32H30Cl2N2O3/c1-39-28-17-12-24(13-18-28)22-36(30(37)19-14-23-8-4-2-5-9-23)31(25-10-6-3-7-11-25)32(38)35-21-26-15-16-27(33)20-29(26)34/h2-13,15-18,20,31H,14,19,21-22H2,1H3,(H,35,38)/t31-/m1/s1. The molecule has 0 aliphatic heterocycles. The minimum Gasteiger partial charge on any atom is -0.497 e. The molecule has 0 aromatic heterocycles. The zero-order valence-corrected chi connectivity index (χ0v) is 23.2. The Morgan fingerprint density at radius 3 is 2.15 bits per heavy atom. The SMILES string of the molecule is COc1ccc(CN(C(=O)CCc2ccccc2)[C@@H](C(=O)NCc2ccc(Cl)cc2Cl)c2ccccc2)cc1. The second-order valence-electron chi connectivity index (χ2n) is 9.12. The molecule has 0 saturated heterocycles. The summed E-state index contributed by atoms with van der Waals surface area (Å²) in [5, 5.41) is 3.98. The number of nitrogens with one attached hydrogen (secondary N) is 1. The highest BCUT2D eigenvalue weighted by atomic mass is 35.5. The maximum atomic E-state index is 13.8. The smallest absolute Gasteiger partial charge is 0.247 e. The van der Waals surface area contributed by atoms with Crippen molar-refractivity contribution in [1.82, 2.24) is 10.2 Å². The van der Waals surface area contributed by atoms with Gasteiger partial charge in [0, 0.05) is 29.6 Å². The van der Waals surface area contributed by atoms with Crippen molar-refractivity contribution in [2.75, 3.05) is 7.11 Å². The molecule has 2 amide bonds. The Hall–Kier alpha value is -3.80. The largest absolute Gasteiger partial charge is 0.497 e. The molecule has 1 N–H and O–H groups in total. The molecule has 0 unspecified atom stereocenters. The topological polar surface area (TPSA) is 58.6 Å². The van der Waals surface area contributed by atoms with Gasteiger partial charge in [-0.1, -0.05) is 102 Å². The first kappa shape index (κ1) is 28.2. The molecule has 1 atom stereocenters. The van der Waals surface area contributed by atoms with E-state index in [-0.39, 0.29) is 31.3 Å². The lowest BCUT2D eigenvalue weighted by Gasteiger charge is -2.32. The Labute approximate surface area is 239 Å². The molecule has 0 radical (unpaired) electrons. The molecule has 0 spiro atoms. The first-order valence-corrected chi connectivity index (χ1v) is 13.4. The fourth-order valence-corrected chi connectivity index (χ4v) is 4.82. The van der Waals surface area contributed by atoms with Crippen LogP contribution in [0.25, 0.3) is 0 Å². The number of nitrogens with zero attached hydrogens (tertiary/aromatic N) is 1. The minimum atomic E-state index is -0.845. The van der Waals surface area contributed by atoms with Crippen LogP contribution in [-0.2, 0) is 29.1 Å². The van der Waals surface area contributed by atoms with Crippen LogP contribution in [0.15, 0.2) is 103 Å². The molecular weight excluding hydrogens is 531 g/mol. The third-order valence-corrected chi connectivity index (χ3v) is 7.03. The molecule has 0 saturated carbocycles. The van der Waals surface area contributed by atoms with Crippen LogP contribution < -0.4 is 10.1 Å². The maximum Gasteiger partial charge on any atom is 0.247 e. The third-order valence-electron chi connectivity index (χ3n) is 6.45. The van der Waals surface area contributed by atoms with Crippen LogP contribution in [0.5, 0.6) is 5.75 Å². The predicted molar refractivity (Wildman–Crippen MR) is 156 cm³/mol. The number of hydrogen-bond acceptors (Lipinski definition) is 3. The summed E-state index contributed by atoms with van der Waals surface area (Å²) in [7, 11) is 1.61. The number of amides is 2. The first-order valence-electron chi connectivity index (χ1n) is 12.7. The van der Waals surface area contributed by atoms with Crippen molar-refractivity contribution >= 4 is 35.0 Å². The highest BCUT2D eigenvalue weighted by molar-refractivity contribution is 6.35. The van der Waals surface area contributed by atoms with Crippen LogP contribution in [0, 0.1) is 0 Å². The van der Waals surface area contributed by atoms with Crippen LogP contribution in [-0.4, -0.2) is 23.8 Å². The van der Waals surface area contributed by atoms with Gasteiger partial charge in [-0.15, -0.1) is 0 Å². The van der Waals surface area contributed by atoms with Crippen molar-refractivity contribution in [2.24, 2.45) is 0 Å². The summed E-state index contributed by atoms with van der Waals surface area (Å²) in [6, 6.07) is 31.0. The normalized spacial score (nSPS) is 11.5. The average molecular weight is 562 g/mol. The number of rotatable bonds is 11. The molecule has 200 valence electrons. The Balaban J connectivity index is 1.64. The molecule has 4 aromatic carbocycles. The monoisotopic (exact) mass is 560 g/mol. The number of benzene rings is 4. The van der Waals surface area contributed by atoms with E-state index in [2.05, 4.69) is 5.32 Å². The van der Waals surface area contributed by atoms with Crippen LogP contribution in [0.3, 0.4) is 0 Å². The number of halogens is 2. The molecule has 4 aromatic rings. The van der Waals surface area contributed by atoms with Crippen molar-refractivity contribution in [1.29, 1.82) is 0 Å². The Kier molecular flexibility index (Phi) is 10.0. The van der Waals surface area contributed by atoms with Crippen molar-refractivity contribution in [3.63, 3.8) is 0 Å². The van der Waals surface area contributed by atoms with Crippen molar-refractivity contribution in [3.05, 3.63) is 135 Å². The zero-order chi connectivity index (χ0) is 27.6. The van der Waals surface area contributed by atoms with E-state index in [9.17, 15) is 9.59 Å². The number of methoxy groups -OCH3 is 1. The van der Waals surface area contributed by atoms with Gasteiger partial charge in [0.25, 0.3) is 0 Å². The van der Waals surface area contributed by atoms with E-state index < -0.39 is 6.04 Å². The summed E-state index contributed by atoms with van der Waals surface area (Å²) >= 11 is 12.4. The first-order chi connectivity index (χ1) is 18.9. The fourth-order valence-electron chi connectivity index (χ4n) is 4.34. The van der Waals surface area contributed by atoms with E-state index in [4.69, 9.17) is 27.9 Å². The van der Waals surface area contributed by atoms with E-state index in [1.165, 1.54) is 0 Å². The van der Waals surface area contributed by atoms with Gasteiger partial charge in [-0.3, -0.25) is 9.59 Å². The van der Waals surface area contributed by atoms with Crippen LogP contribution in [0.2, 0.25) is 10.0 Å². The lowest BCUT2D eigenvalue weighted by Crippen LogP contribution is -2.43. The van der Waals surface area contributed by atoms with Gasteiger partial charge >= 0.3 is 0 Å². The summed E-state index contributed by atoms with van der Waals surface area (Å²) in [5.41, 5.74) is 3.41. The minimum absolute atomic E-state index is 0.122. The third kappa shape index (κ3) is 7.85. The summed E-state index contributed by atoms with van der Waals surface area (Å²) in [6.07, 6.45) is 0.835. The van der Waals surface area contributed by atoms with E-state index >= 15 is 0 Å². The maximum absolute atomic E-state index is 13.8. The molecule has 0 fully saturated rings. The second-order valence-corrected chi connectivity index (χ2v) is 9.97. The Morgan fingerprint density at radius 2 is 1.51 bits per heavy atom. The second kappa shape index (κ2) is 13.8. The quantitative estimate of drug-likeness (QED) is 0.214. The van der Waals surface area contributed by atoms with Crippen LogP contribution >= 0.6 is 23.2 Å². The van der Waals surface area contributed by atoms with Crippen molar-refractivity contribution in [3.8, 4) is 5.75 Å². The molecule has 0 bridgehead atoms. The van der Waals surface area contributed by atoms with E-state index in [1.807, 2.05) is 84.9 Å². The molecule has 5 nitrogen and oxygen atoms in total. The van der Waals surface area contributed by atoms with Crippen molar-refractivity contribution in [2.45, 2.75) is 32.0 Å². The molecule has 0 aliphatic rings. The number of aryl methyl sites for hydroxylation is 1. The number of carbonyl (C=O) groups excluding carboxylic acids is 2. The summed E-state index contributed by atoms with van der Waals surface area (Å²) < 4.78 is 5.29. The summed E-state index contributed by atoms with van der Waals surface area (Å²) in [5.74, 6) is 0.301. The van der Waals surface area contributed by atoms with Gasteiger partial charge in [0.05, 0.1) is 7.11 Å². The van der Waals surface area contributed by atoms with E-state index in [1.54, 1.807) is 30.2 Å². The molecule has 0 aliphatic carbocycles. The molecule has 0 heterocycles. The zero-order valence-electron chi connectivity index (χ0n) is 21.6. The van der Waals surface area contributed by atoms with Gasteiger partial charge in [0.2, 0.25) is 11.8 Å². The van der Waals surface area contributed by atoms with Gasteiger partial charge in [-0.05, 0) is 52.9 Å². The summed E-state index contributed by atoms with van der Waals surface area (Å²) in [6.45, 7) is 0.457. The highest BCUT2D eigenvalue weighted by Crippen LogP contribution is 2.27. The van der Waals surface area contributed by atoms with Gasteiger partial charge in [0.15, 0.2) is 0 Å². The lowest BCUT2D eigenvalue weighted by molar-refractivity contribution is -0.141. The van der Waals surface area contributed by atoms with Gasteiger partial charge in [-0.25, -0.2) is 0 Å². The van der Waals surface area contributed by atoms with Gasteiger partial charge in [-0.2, -0.15) is 0 Å². The fraction of sp³-hybridized carbons (Fsp3) is 0.188. The summed E-state index contributed by atoms with van der Waals surface area (Å²) in [4.78, 5) is 29.3. The van der Waals surface area contributed by atoms with E-state index in [0.717, 1.165) is 28.0 Å². The van der Waals surface area contributed by atoms with Gasteiger partial charge in [0.1, 0.15) is 11.8 Å². The number of carbonyl (C=O) groups is 2. The average Bonchev–Trinajstić information content (AvgIpc) is 2.96. The molecule has 7 heteroatoms. The Morgan fingerprint density at radius 1 is 0.846 bits per heavy atom. The Bertz CT molecular complexity index is 1380. The highest BCUT2D eigenvalue weighted by Gasteiger charge is 2.31. The lowest BCUT2D eigenvalue weighted by atomic mass is 10.0. The number of hydrogen-bond donors (Lipinski definition) is 1. The molecular formula is C32H30Cl2N2O3. The predicted octanol–water partition coefficient (Wildman–Crippen LogP) is 7.02. The molecule has 4 rings (SSSR count). The van der Waals surface area contributed by atoms with Crippen LogP contribution in [0.1, 0.15) is 34.7 Å². The van der Waals surface area contributed by atoms with Crippen LogP contribution in [0.4, 0.5) is 0 Å². The molecule has 39 heavy (non-hydrogen) atoms. The van der Waals surface area contributed by atoms with Crippen molar-refractivity contribution < 1.29 is 14.3 Å². The van der Waals surface area contributed by atoms with Gasteiger partial charge < -0.3 is 15.0 Å². The number of ether oxygens (including phenoxy) is 1.